The highest BCUT2D eigenvalue weighted by Gasteiger charge is 2.36. The number of hydrogen-bond donors (Lipinski definition) is 2. The zero-order chi connectivity index (χ0) is 39.4. The second kappa shape index (κ2) is 13.7. The van der Waals surface area contributed by atoms with Crippen LogP contribution in [0.2, 0.25) is 0 Å². The largest absolute Gasteiger partial charge is 0.464 e. The first kappa shape index (κ1) is 35.9. The number of nitrogens with zero attached hydrogens (tertiary/aromatic N) is 1. The first-order valence-electron chi connectivity index (χ1n) is 21.4. The van der Waals surface area contributed by atoms with E-state index in [2.05, 4.69) is 96.3 Å². The number of hydrogen-bond acceptors (Lipinski definition) is 6. The molecule has 0 spiro atoms. The minimum Gasteiger partial charge on any atom is -0.464 e. The van der Waals surface area contributed by atoms with E-state index in [1.807, 2.05) is 0 Å². The molecule has 0 aromatic heterocycles. The number of nitrogens with one attached hydrogen (secondary N) is 2. The molecule has 5 bridgehead atoms. The molecule has 58 heavy (non-hydrogen) atoms. The molecular formula is C52H51N3O3. The molecule has 1 unspecified atom stereocenters. The summed E-state index contributed by atoms with van der Waals surface area (Å²) in [6.07, 6.45) is 15.1. The third-order valence-electron chi connectivity index (χ3n) is 14.0. The number of carbonyl (C=O) groups is 1. The van der Waals surface area contributed by atoms with Gasteiger partial charge in [-0.15, -0.1) is 0 Å². The van der Waals surface area contributed by atoms with Crippen LogP contribution in [0.15, 0.2) is 66.8 Å². The van der Waals surface area contributed by atoms with E-state index >= 15 is 0 Å². The van der Waals surface area contributed by atoms with E-state index < -0.39 is 0 Å². The number of allylic oxidation sites excluding steroid dienone is 6. The highest BCUT2D eigenvalue weighted by atomic mass is 16.7. The Morgan fingerprint density at radius 2 is 1.47 bits per heavy atom. The van der Waals surface area contributed by atoms with Crippen molar-refractivity contribution in [1.29, 1.82) is 0 Å². The summed E-state index contributed by atoms with van der Waals surface area (Å²) in [5, 5.41) is 20.4. The van der Waals surface area contributed by atoms with E-state index in [4.69, 9.17) is 22.7 Å². The second-order valence-corrected chi connectivity index (χ2v) is 17.8. The summed E-state index contributed by atoms with van der Waals surface area (Å²) in [6.45, 7) is 17.5. The van der Waals surface area contributed by atoms with Gasteiger partial charge in [0.05, 0.1) is 6.61 Å². The van der Waals surface area contributed by atoms with Crippen LogP contribution >= 0.6 is 0 Å². The van der Waals surface area contributed by atoms with E-state index in [1.165, 1.54) is 104 Å². The Balaban J connectivity index is 0.969. The molecule has 1 fully saturated rings. The normalized spacial score (nSPS) is 17.0. The molecule has 0 amide bonds. The predicted molar refractivity (Wildman–Crippen MR) is 242 cm³/mol. The maximum atomic E-state index is 11.8. The van der Waals surface area contributed by atoms with Crippen molar-refractivity contribution in [2.45, 2.75) is 58.4 Å². The van der Waals surface area contributed by atoms with Gasteiger partial charge < -0.3 is 15.0 Å². The average Bonchev–Trinajstić information content (AvgIpc) is 3.95. The number of rotatable bonds is 13. The molecule has 1 atom stereocenters. The minimum absolute atomic E-state index is 0.0653. The van der Waals surface area contributed by atoms with Crippen LogP contribution < -0.4 is 26.1 Å². The molecule has 6 heteroatoms. The molecule has 1 heterocycles. The number of fused-ring (bicyclic) bond motifs is 1. The third-order valence-corrected chi connectivity index (χ3v) is 14.0. The van der Waals surface area contributed by atoms with Crippen LogP contribution in [0.3, 0.4) is 0 Å². The van der Waals surface area contributed by atoms with Crippen molar-refractivity contribution in [3.8, 4) is 0 Å². The Morgan fingerprint density at radius 1 is 0.810 bits per heavy atom. The first-order chi connectivity index (χ1) is 28.3. The van der Waals surface area contributed by atoms with Crippen molar-refractivity contribution >= 4 is 89.8 Å². The van der Waals surface area contributed by atoms with Crippen LogP contribution in [0.1, 0.15) is 72.5 Å². The highest BCUT2D eigenvalue weighted by molar-refractivity contribution is 6.48. The minimum atomic E-state index is -0.324. The molecule has 7 aromatic rings. The van der Waals surface area contributed by atoms with E-state index in [0.717, 1.165) is 68.6 Å². The lowest BCUT2D eigenvalue weighted by atomic mass is 9.88. The number of ether oxygens (including phenoxy) is 1. The van der Waals surface area contributed by atoms with Crippen molar-refractivity contribution < 1.29 is 14.4 Å². The maximum absolute atomic E-state index is 11.8. The molecule has 6 nitrogen and oxygen atoms in total. The van der Waals surface area contributed by atoms with Gasteiger partial charge in [-0.05, 0) is 178 Å². The van der Waals surface area contributed by atoms with Gasteiger partial charge in [-0.2, -0.15) is 0 Å². The van der Waals surface area contributed by atoms with Gasteiger partial charge in [0.1, 0.15) is 0 Å². The number of anilines is 1. The van der Waals surface area contributed by atoms with Crippen LogP contribution in [0.4, 0.5) is 5.69 Å². The predicted octanol–water partition coefficient (Wildman–Crippen LogP) is 8.87. The molecule has 0 saturated carbocycles. The summed E-state index contributed by atoms with van der Waals surface area (Å²) >= 11 is 0. The smallest absolute Gasteiger partial charge is 0.334 e. The Labute approximate surface area is 339 Å². The van der Waals surface area contributed by atoms with Crippen molar-refractivity contribution in [2.24, 2.45) is 11.8 Å². The van der Waals surface area contributed by atoms with Gasteiger partial charge in [-0.1, -0.05) is 81.6 Å². The molecule has 7 aromatic carbocycles. The van der Waals surface area contributed by atoms with Crippen molar-refractivity contribution in [3.63, 3.8) is 0 Å². The summed E-state index contributed by atoms with van der Waals surface area (Å²) in [7, 11) is 1.64. The van der Waals surface area contributed by atoms with E-state index in [0.29, 0.717) is 18.4 Å². The lowest BCUT2D eigenvalue weighted by Crippen LogP contribution is -2.34. The highest BCUT2D eigenvalue weighted by Crippen LogP contribution is 2.57. The Bertz CT molecular complexity index is 2950. The fraction of sp³-hybridized carbons (Fsp3) is 0.327. The summed E-state index contributed by atoms with van der Waals surface area (Å²) < 4.78 is 5.37. The van der Waals surface area contributed by atoms with Gasteiger partial charge in [-0.3, -0.25) is 4.84 Å². The Morgan fingerprint density at radius 3 is 2.16 bits per heavy atom. The third kappa shape index (κ3) is 5.31. The first-order valence-corrected chi connectivity index (χ1v) is 21.4. The fourth-order valence-corrected chi connectivity index (χ4v) is 11.3. The van der Waals surface area contributed by atoms with Crippen LogP contribution in [-0.4, -0.2) is 45.9 Å². The standard InChI is InChI=1S/C52H51N3O3/c1-28(2)26-54-40(32-10-13-38(14-11-32)55-19-16-31(17-20-55)18-21-57-41(56)27-58-53-5)25-37-24-36-23-34-9-7-6-8-33-22-35-12-15-39-44(37)51-48(36)46(34)43-30(4)29(3)42-45(33)47(35)49(39)52(51)50(42)43/h6-15,24,28,31,40,53-54H,3-4,16-23,25-27H2,1-2,5H3. The van der Waals surface area contributed by atoms with Crippen LogP contribution in [0.5, 0.6) is 0 Å². The van der Waals surface area contributed by atoms with Gasteiger partial charge in [-0.25, -0.2) is 10.3 Å². The maximum Gasteiger partial charge on any atom is 0.334 e. The molecule has 11 rings (SSSR count). The number of carbonyl (C=O) groups excluding carboxylic acids is 1. The molecule has 0 radical (unpaired) electrons. The lowest BCUT2D eigenvalue weighted by molar-refractivity contribution is -0.151. The Hall–Kier alpha value is -5.27. The molecule has 2 N–H and O–H groups in total. The molecular weight excluding hydrogens is 715 g/mol. The molecule has 4 aliphatic rings. The zero-order valence-electron chi connectivity index (χ0n) is 33.9. The second-order valence-electron chi connectivity index (χ2n) is 17.8. The molecule has 292 valence electrons. The number of benzene rings is 5. The van der Waals surface area contributed by atoms with Gasteiger partial charge in [0.25, 0.3) is 0 Å². The SMILES string of the molecule is C=c1c(=C)c2c3c4c5cc(CC(NCC(C)C)c6ccc(N7CCC(CCOC(=O)CONC)CC7)cc6)c6c7ccc8c9c(c1c2c(c97)c46)C(=CC=CC=C3C5)C8. The number of piperidine rings is 1. The van der Waals surface area contributed by atoms with Crippen LogP contribution in [0, 0.1) is 11.8 Å². The monoisotopic (exact) mass is 765 g/mol. The molecule has 3 aliphatic carbocycles. The van der Waals surface area contributed by atoms with Gasteiger partial charge in [0.15, 0.2) is 6.61 Å². The topological polar surface area (TPSA) is 62.8 Å². The fourth-order valence-electron chi connectivity index (χ4n) is 11.3. The van der Waals surface area contributed by atoms with Crippen molar-refractivity contribution in [2.75, 3.05) is 44.8 Å². The summed E-state index contributed by atoms with van der Waals surface area (Å²) in [4.78, 5) is 19.3. The summed E-state index contributed by atoms with van der Waals surface area (Å²) in [5.74, 6) is 0.773. The number of esters is 1. The molecule has 1 saturated heterocycles. The van der Waals surface area contributed by atoms with Gasteiger partial charge in [0.2, 0.25) is 0 Å². The van der Waals surface area contributed by atoms with E-state index in [-0.39, 0.29) is 18.6 Å². The van der Waals surface area contributed by atoms with E-state index in [1.54, 1.807) is 7.05 Å². The zero-order valence-corrected chi connectivity index (χ0v) is 33.9. The summed E-state index contributed by atoms with van der Waals surface area (Å²) in [6, 6.07) is 17.0. The van der Waals surface area contributed by atoms with Crippen molar-refractivity contribution in [1.82, 2.24) is 10.8 Å². The van der Waals surface area contributed by atoms with Gasteiger partial charge in [0, 0.05) is 31.9 Å². The average molecular weight is 766 g/mol. The van der Waals surface area contributed by atoms with Gasteiger partial charge >= 0.3 is 5.97 Å². The van der Waals surface area contributed by atoms with Crippen LogP contribution in [0.25, 0.3) is 78.2 Å². The van der Waals surface area contributed by atoms with Crippen LogP contribution in [-0.2, 0) is 33.6 Å². The molecule has 1 aliphatic heterocycles. The van der Waals surface area contributed by atoms with Crippen molar-refractivity contribution in [3.05, 3.63) is 111 Å². The number of hydroxylamine groups is 1. The quantitative estimate of drug-likeness (QED) is 0.0696. The lowest BCUT2D eigenvalue weighted by Gasteiger charge is -2.34. The summed E-state index contributed by atoms with van der Waals surface area (Å²) in [5.41, 5.74) is 15.1. The Kier molecular flexibility index (Phi) is 8.44. The van der Waals surface area contributed by atoms with E-state index in [9.17, 15) is 4.79 Å².